The summed E-state index contributed by atoms with van der Waals surface area (Å²) in [6.45, 7) is 4.56. The second-order valence-electron chi connectivity index (χ2n) is 4.97. The van der Waals surface area contributed by atoms with Crippen LogP contribution >= 0.6 is 0 Å². The van der Waals surface area contributed by atoms with E-state index < -0.39 is 12.2 Å². The van der Waals surface area contributed by atoms with E-state index in [0.29, 0.717) is 19.6 Å². The van der Waals surface area contributed by atoms with E-state index in [1.54, 1.807) is 6.92 Å². The van der Waals surface area contributed by atoms with Crippen LogP contribution in [-0.4, -0.2) is 43.5 Å². The van der Waals surface area contributed by atoms with E-state index in [4.69, 9.17) is 4.74 Å². The molecule has 0 aliphatic carbocycles. The summed E-state index contributed by atoms with van der Waals surface area (Å²) in [5.74, 6) is -0.347. The molecule has 0 aromatic carbocycles. The third-order valence-corrected chi connectivity index (χ3v) is 3.06. The molecule has 0 saturated carbocycles. The molecule has 7 heteroatoms. The van der Waals surface area contributed by atoms with Crippen LogP contribution in [0.2, 0.25) is 0 Å². The lowest BCUT2D eigenvalue weighted by molar-refractivity contribution is -0.146. The lowest BCUT2D eigenvalue weighted by atomic mass is 10.1. The third-order valence-electron chi connectivity index (χ3n) is 3.06. The SMILES string of the molecule is CCCCOC(=O)[C@H](C)NC(CCCCCN=C=O)N=C=O. The van der Waals surface area contributed by atoms with Gasteiger partial charge >= 0.3 is 5.97 Å². The summed E-state index contributed by atoms with van der Waals surface area (Å²) in [5, 5.41) is 2.96. The lowest BCUT2D eigenvalue weighted by Crippen LogP contribution is -2.41. The van der Waals surface area contributed by atoms with Crippen LogP contribution in [0, 0.1) is 0 Å². The van der Waals surface area contributed by atoms with Crippen LogP contribution in [0.25, 0.3) is 0 Å². The first kappa shape index (κ1) is 20.2. The number of esters is 1. The zero-order valence-corrected chi connectivity index (χ0v) is 13.3. The van der Waals surface area contributed by atoms with Gasteiger partial charge in [0.15, 0.2) is 0 Å². The molecule has 22 heavy (non-hydrogen) atoms. The molecule has 0 fully saturated rings. The highest BCUT2D eigenvalue weighted by molar-refractivity contribution is 5.75. The van der Waals surface area contributed by atoms with Gasteiger partial charge in [-0.05, 0) is 32.6 Å². The standard InChI is InChI=1S/C15H25N3O4/c1-3-4-10-22-15(21)13(2)18-14(17-12-20)8-6-5-7-9-16-11-19/h13-14,18H,3-10H2,1-2H3/t13-,14?/m0/s1. The Bertz CT molecular complexity index is 402. The van der Waals surface area contributed by atoms with Crippen molar-refractivity contribution in [3.05, 3.63) is 0 Å². The number of nitrogens with zero attached hydrogens (tertiary/aromatic N) is 2. The first-order chi connectivity index (χ1) is 10.7. The van der Waals surface area contributed by atoms with Gasteiger partial charge in [-0.1, -0.05) is 19.8 Å². The second kappa shape index (κ2) is 14.1. The highest BCUT2D eigenvalue weighted by Crippen LogP contribution is 2.06. The van der Waals surface area contributed by atoms with Crippen LogP contribution in [0.4, 0.5) is 0 Å². The maximum Gasteiger partial charge on any atom is 0.322 e. The zero-order chi connectivity index (χ0) is 16.6. The fraction of sp³-hybridized carbons (Fsp3) is 0.800. The molecule has 1 N–H and O–H groups in total. The number of isocyanates is 2. The van der Waals surface area contributed by atoms with Crippen molar-refractivity contribution in [1.82, 2.24) is 5.32 Å². The molecule has 0 saturated heterocycles. The van der Waals surface area contributed by atoms with Crippen LogP contribution in [-0.2, 0) is 19.1 Å². The van der Waals surface area contributed by atoms with Gasteiger partial charge in [0.1, 0.15) is 12.2 Å². The van der Waals surface area contributed by atoms with Gasteiger partial charge in [-0.15, -0.1) is 0 Å². The van der Waals surface area contributed by atoms with Crippen LogP contribution in [0.3, 0.4) is 0 Å². The summed E-state index contributed by atoms with van der Waals surface area (Å²) in [6, 6.07) is -0.529. The molecule has 0 spiro atoms. The van der Waals surface area contributed by atoms with Crippen molar-refractivity contribution in [2.24, 2.45) is 9.98 Å². The van der Waals surface area contributed by atoms with Gasteiger partial charge in [0, 0.05) is 0 Å². The summed E-state index contributed by atoms with van der Waals surface area (Å²) in [5.41, 5.74) is 0. The minimum absolute atomic E-state index is 0.347. The van der Waals surface area contributed by atoms with Crippen molar-refractivity contribution in [2.45, 2.75) is 64.6 Å². The van der Waals surface area contributed by atoms with Crippen molar-refractivity contribution < 1.29 is 19.1 Å². The quantitative estimate of drug-likeness (QED) is 0.242. The summed E-state index contributed by atoms with van der Waals surface area (Å²) in [4.78, 5) is 39.2. The highest BCUT2D eigenvalue weighted by atomic mass is 16.5. The van der Waals surface area contributed by atoms with Crippen LogP contribution in [0.1, 0.15) is 52.4 Å². The van der Waals surface area contributed by atoms with Crippen molar-refractivity contribution in [1.29, 1.82) is 0 Å². The number of carbonyl (C=O) groups is 1. The van der Waals surface area contributed by atoms with Crippen molar-refractivity contribution in [3.8, 4) is 0 Å². The normalized spacial score (nSPS) is 12.6. The predicted octanol–water partition coefficient (Wildman–Crippen LogP) is 1.87. The number of rotatable bonds is 13. The van der Waals surface area contributed by atoms with Crippen LogP contribution in [0.5, 0.6) is 0 Å². The summed E-state index contributed by atoms with van der Waals surface area (Å²) in [6.07, 6.45) is 7.38. The summed E-state index contributed by atoms with van der Waals surface area (Å²) < 4.78 is 5.10. The van der Waals surface area contributed by atoms with E-state index in [-0.39, 0.29) is 5.97 Å². The second-order valence-corrected chi connectivity index (χ2v) is 4.97. The Kier molecular flexibility index (Phi) is 13.0. The number of hydrogen-bond donors (Lipinski definition) is 1. The zero-order valence-electron chi connectivity index (χ0n) is 13.3. The minimum atomic E-state index is -0.529. The molecule has 0 aliphatic heterocycles. The van der Waals surface area contributed by atoms with Gasteiger partial charge in [-0.3, -0.25) is 10.1 Å². The predicted molar refractivity (Wildman–Crippen MR) is 81.8 cm³/mol. The summed E-state index contributed by atoms with van der Waals surface area (Å²) in [7, 11) is 0. The average molecular weight is 311 g/mol. The molecule has 7 nitrogen and oxygen atoms in total. The Morgan fingerprint density at radius 2 is 1.95 bits per heavy atom. The van der Waals surface area contributed by atoms with Crippen LogP contribution < -0.4 is 5.32 Å². The molecule has 0 amide bonds. The Balaban J connectivity index is 4.07. The third kappa shape index (κ3) is 10.9. The maximum absolute atomic E-state index is 11.7. The molecule has 0 aromatic heterocycles. The number of ether oxygens (including phenoxy) is 1. The Hall–Kier alpha value is -1.81. The average Bonchev–Trinajstić information content (AvgIpc) is 2.50. The molecule has 0 bridgehead atoms. The largest absolute Gasteiger partial charge is 0.465 e. The lowest BCUT2D eigenvalue weighted by Gasteiger charge is -2.18. The molecule has 0 aliphatic rings. The first-order valence-electron chi connectivity index (χ1n) is 7.69. The molecule has 0 radical (unpaired) electrons. The van der Waals surface area contributed by atoms with E-state index in [1.165, 1.54) is 12.2 Å². The molecular formula is C15H25N3O4. The van der Waals surface area contributed by atoms with Crippen LogP contribution in [0.15, 0.2) is 9.98 Å². The molecule has 1 unspecified atom stereocenters. The highest BCUT2D eigenvalue weighted by Gasteiger charge is 2.18. The van der Waals surface area contributed by atoms with E-state index in [9.17, 15) is 14.4 Å². The maximum atomic E-state index is 11.7. The van der Waals surface area contributed by atoms with Crippen molar-refractivity contribution >= 4 is 18.1 Å². The van der Waals surface area contributed by atoms with Gasteiger partial charge in [-0.2, -0.15) is 4.99 Å². The fourth-order valence-corrected chi connectivity index (χ4v) is 1.80. The van der Waals surface area contributed by atoms with Gasteiger partial charge in [-0.25, -0.2) is 14.6 Å². The van der Waals surface area contributed by atoms with Gasteiger partial charge < -0.3 is 4.74 Å². The Labute approximate surface area is 131 Å². The topological polar surface area (TPSA) is 97.2 Å². The fourth-order valence-electron chi connectivity index (χ4n) is 1.80. The molecular weight excluding hydrogens is 286 g/mol. The molecule has 0 aromatic rings. The molecule has 0 rings (SSSR count). The van der Waals surface area contributed by atoms with E-state index in [1.807, 2.05) is 6.92 Å². The molecule has 2 atom stereocenters. The number of hydrogen-bond acceptors (Lipinski definition) is 7. The van der Waals surface area contributed by atoms with Crippen molar-refractivity contribution in [3.63, 3.8) is 0 Å². The molecule has 0 heterocycles. The Morgan fingerprint density at radius 1 is 1.18 bits per heavy atom. The van der Waals surface area contributed by atoms with Gasteiger partial charge in [0.25, 0.3) is 0 Å². The number of nitrogens with one attached hydrogen (secondary N) is 1. The summed E-state index contributed by atoms with van der Waals surface area (Å²) >= 11 is 0. The van der Waals surface area contributed by atoms with E-state index in [0.717, 1.165) is 32.1 Å². The Morgan fingerprint density at radius 3 is 2.59 bits per heavy atom. The van der Waals surface area contributed by atoms with Gasteiger partial charge in [0.05, 0.1) is 13.2 Å². The smallest absolute Gasteiger partial charge is 0.322 e. The molecule has 124 valence electrons. The van der Waals surface area contributed by atoms with E-state index >= 15 is 0 Å². The number of unbranched alkanes of at least 4 members (excludes halogenated alkanes) is 3. The first-order valence-corrected chi connectivity index (χ1v) is 7.69. The van der Waals surface area contributed by atoms with Crippen molar-refractivity contribution in [2.75, 3.05) is 13.2 Å². The number of carbonyl (C=O) groups excluding carboxylic acids is 3. The minimum Gasteiger partial charge on any atom is -0.465 e. The van der Waals surface area contributed by atoms with Gasteiger partial charge in [0.2, 0.25) is 12.2 Å². The monoisotopic (exact) mass is 311 g/mol. The van der Waals surface area contributed by atoms with E-state index in [2.05, 4.69) is 15.3 Å². The number of aliphatic imine (C=N–C) groups is 2.